The number of hydrogen-bond donors (Lipinski definition) is 1. The lowest BCUT2D eigenvalue weighted by Crippen LogP contribution is -2.36. The predicted molar refractivity (Wildman–Crippen MR) is 98.6 cm³/mol. The highest BCUT2D eigenvalue weighted by Crippen LogP contribution is 2.24. The summed E-state index contributed by atoms with van der Waals surface area (Å²) in [7, 11) is 0. The third kappa shape index (κ3) is 3.44. The van der Waals surface area contributed by atoms with Crippen LogP contribution in [0, 0.1) is 0 Å². The molecule has 0 aliphatic carbocycles. The van der Waals surface area contributed by atoms with Gasteiger partial charge in [-0.05, 0) is 19.9 Å². The summed E-state index contributed by atoms with van der Waals surface area (Å²) in [6.45, 7) is 4.88. The number of fused-ring (bicyclic) bond motifs is 1. The number of ether oxygens (including phenoxy) is 1. The van der Waals surface area contributed by atoms with E-state index in [0.717, 1.165) is 5.52 Å². The Balaban J connectivity index is 1.92. The third-order valence-corrected chi connectivity index (χ3v) is 4.29. The lowest BCUT2D eigenvalue weighted by Gasteiger charge is -2.25. The molecule has 6 heteroatoms. The van der Waals surface area contributed by atoms with E-state index in [9.17, 15) is 9.59 Å². The number of likely N-dealkylation sites (N-methyl/N-ethyl adjacent to an activating group) is 1. The van der Waals surface area contributed by atoms with Crippen LogP contribution in [-0.4, -0.2) is 40.1 Å². The van der Waals surface area contributed by atoms with Crippen LogP contribution in [-0.2, 0) is 9.53 Å². The maximum atomic E-state index is 12.9. The molecule has 6 nitrogen and oxygen atoms in total. The standard InChI is InChI=1S/C20H21N3O3/c1-3-23(4-2)19(24)18(14-10-6-5-7-11-14)26-20(25)17-15-12-8-9-13-16(15)21-22-17/h5-13,18H,3-4H2,1-2H3,(H,21,22)/t18-/m0/s1. The Labute approximate surface area is 151 Å². The van der Waals surface area contributed by atoms with Crippen LogP contribution in [0.15, 0.2) is 54.6 Å². The first-order valence-electron chi connectivity index (χ1n) is 8.63. The molecule has 0 aliphatic rings. The molecule has 3 aromatic rings. The van der Waals surface area contributed by atoms with Gasteiger partial charge < -0.3 is 9.64 Å². The van der Waals surface area contributed by atoms with E-state index in [0.29, 0.717) is 24.0 Å². The van der Waals surface area contributed by atoms with Crippen molar-refractivity contribution in [1.29, 1.82) is 0 Å². The first-order chi connectivity index (χ1) is 12.7. The van der Waals surface area contributed by atoms with Crippen molar-refractivity contribution in [3.63, 3.8) is 0 Å². The Morgan fingerprint density at radius 1 is 1.04 bits per heavy atom. The molecule has 1 aromatic heterocycles. The number of H-pyrrole nitrogens is 1. The van der Waals surface area contributed by atoms with Crippen LogP contribution in [0.5, 0.6) is 0 Å². The maximum absolute atomic E-state index is 12.9. The van der Waals surface area contributed by atoms with Crippen LogP contribution < -0.4 is 0 Å². The average Bonchev–Trinajstić information content (AvgIpc) is 3.11. The van der Waals surface area contributed by atoms with Crippen molar-refractivity contribution in [1.82, 2.24) is 15.1 Å². The maximum Gasteiger partial charge on any atom is 0.360 e. The predicted octanol–water partition coefficient (Wildman–Crippen LogP) is 3.33. The highest BCUT2D eigenvalue weighted by atomic mass is 16.5. The van der Waals surface area contributed by atoms with Gasteiger partial charge in [-0.25, -0.2) is 4.79 Å². The topological polar surface area (TPSA) is 75.3 Å². The van der Waals surface area contributed by atoms with E-state index in [-0.39, 0.29) is 11.6 Å². The molecule has 0 unspecified atom stereocenters. The summed E-state index contributed by atoms with van der Waals surface area (Å²) in [5.74, 6) is -0.869. The van der Waals surface area contributed by atoms with E-state index in [2.05, 4.69) is 10.2 Å². The summed E-state index contributed by atoms with van der Waals surface area (Å²) in [4.78, 5) is 27.3. The number of nitrogens with zero attached hydrogens (tertiary/aromatic N) is 2. The van der Waals surface area contributed by atoms with E-state index in [4.69, 9.17) is 4.74 Å². The molecule has 0 saturated heterocycles. The minimum absolute atomic E-state index is 0.175. The molecule has 2 aromatic carbocycles. The second-order valence-electron chi connectivity index (χ2n) is 5.82. The molecule has 1 amide bonds. The van der Waals surface area contributed by atoms with Crippen molar-refractivity contribution in [3.8, 4) is 0 Å². The van der Waals surface area contributed by atoms with Crippen LogP contribution in [0.25, 0.3) is 10.9 Å². The summed E-state index contributed by atoms with van der Waals surface area (Å²) < 4.78 is 5.62. The summed E-state index contributed by atoms with van der Waals surface area (Å²) in [5.41, 5.74) is 1.55. The van der Waals surface area contributed by atoms with Crippen molar-refractivity contribution in [2.24, 2.45) is 0 Å². The number of esters is 1. The van der Waals surface area contributed by atoms with E-state index < -0.39 is 12.1 Å². The number of rotatable bonds is 6. The fraction of sp³-hybridized carbons (Fsp3) is 0.250. The lowest BCUT2D eigenvalue weighted by atomic mass is 10.1. The molecule has 0 radical (unpaired) electrons. The Morgan fingerprint density at radius 2 is 1.69 bits per heavy atom. The normalized spacial score (nSPS) is 11.9. The van der Waals surface area contributed by atoms with E-state index in [1.807, 2.05) is 50.2 Å². The van der Waals surface area contributed by atoms with E-state index >= 15 is 0 Å². The summed E-state index contributed by atoms with van der Waals surface area (Å²) in [6.07, 6.45) is -1.00. The number of hydrogen-bond acceptors (Lipinski definition) is 4. The second kappa shape index (κ2) is 7.82. The highest BCUT2D eigenvalue weighted by molar-refractivity contribution is 6.02. The minimum atomic E-state index is -1.00. The summed E-state index contributed by atoms with van der Waals surface area (Å²) in [6, 6.07) is 16.3. The van der Waals surface area contributed by atoms with Crippen molar-refractivity contribution in [3.05, 3.63) is 65.9 Å². The molecule has 1 heterocycles. The quantitative estimate of drug-likeness (QED) is 0.691. The number of carbonyl (C=O) groups excluding carboxylic acids is 2. The molecule has 134 valence electrons. The zero-order chi connectivity index (χ0) is 18.5. The van der Waals surface area contributed by atoms with Crippen LogP contribution in [0.2, 0.25) is 0 Å². The average molecular weight is 351 g/mol. The van der Waals surface area contributed by atoms with Crippen molar-refractivity contribution in [2.45, 2.75) is 20.0 Å². The fourth-order valence-electron chi connectivity index (χ4n) is 2.87. The van der Waals surface area contributed by atoms with Gasteiger partial charge in [0.1, 0.15) is 0 Å². The zero-order valence-corrected chi connectivity index (χ0v) is 14.8. The minimum Gasteiger partial charge on any atom is -0.442 e. The highest BCUT2D eigenvalue weighted by Gasteiger charge is 2.30. The van der Waals surface area contributed by atoms with Gasteiger partial charge >= 0.3 is 5.97 Å². The van der Waals surface area contributed by atoms with Crippen LogP contribution in [0.1, 0.15) is 36.0 Å². The number of amides is 1. The Morgan fingerprint density at radius 3 is 2.38 bits per heavy atom. The number of carbonyl (C=O) groups is 2. The third-order valence-electron chi connectivity index (χ3n) is 4.29. The van der Waals surface area contributed by atoms with Crippen LogP contribution >= 0.6 is 0 Å². The Bertz CT molecular complexity index is 901. The van der Waals surface area contributed by atoms with Gasteiger partial charge in [0.15, 0.2) is 5.69 Å². The smallest absolute Gasteiger partial charge is 0.360 e. The van der Waals surface area contributed by atoms with Gasteiger partial charge in [0.05, 0.1) is 5.52 Å². The summed E-state index contributed by atoms with van der Waals surface area (Å²) >= 11 is 0. The van der Waals surface area contributed by atoms with Gasteiger partial charge in [0.25, 0.3) is 5.91 Å². The lowest BCUT2D eigenvalue weighted by molar-refractivity contribution is -0.140. The van der Waals surface area contributed by atoms with E-state index in [1.54, 1.807) is 23.1 Å². The number of aromatic nitrogens is 2. The first-order valence-corrected chi connectivity index (χ1v) is 8.63. The Kier molecular flexibility index (Phi) is 5.31. The molecule has 1 N–H and O–H groups in total. The monoisotopic (exact) mass is 351 g/mol. The largest absolute Gasteiger partial charge is 0.442 e. The zero-order valence-electron chi connectivity index (χ0n) is 14.8. The van der Waals surface area contributed by atoms with Crippen molar-refractivity contribution >= 4 is 22.8 Å². The Hall–Kier alpha value is -3.15. The number of nitrogens with one attached hydrogen (secondary N) is 1. The molecule has 0 spiro atoms. The van der Waals surface area contributed by atoms with Gasteiger partial charge in [0.2, 0.25) is 6.10 Å². The molecule has 0 aliphatic heterocycles. The molecule has 0 saturated carbocycles. The molecule has 0 bridgehead atoms. The van der Waals surface area contributed by atoms with Gasteiger partial charge in [0, 0.05) is 24.0 Å². The molecule has 1 atom stereocenters. The SMILES string of the molecule is CCN(CC)C(=O)[C@@H](OC(=O)c1n[nH]c2ccccc12)c1ccccc1. The van der Waals surface area contributed by atoms with Crippen molar-refractivity contribution in [2.75, 3.05) is 13.1 Å². The van der Waals surface area contributed by atoms with Crippen LogP contribution in [0.3, 0.4) is 0 Å². The molecular weight excluding hydrogens is 330 g/mol. The molecule has 3 rings (SSSR count). The van der Waals surface area contributed by atoms with Gasteiger partial charge in [-0.3, -0.25) is 9.89 Å². The first kappa shape index (κ1) is 17.7. The fourth-order valence-corrected chi connectivity index (χ4v) is 2.87. The van der Waals surface area contributed by atoms with Gasteiger partial charge in [-0.1, -0.05) is 48.5 Å². The number of aromatic amines is 1. The van der Waals surface area contributed by atoms with Gasteiger partial charge in [-0.15, -0.1) is 0 Å². The van der Waals surface area contributed by atoms with Crippen molar-refractivity contribution < 1.29 is 14.3 Å². The molecule has 26 heavy (non-hydrogen) atoms. The number of benzene rings is 2. The summed E-state index contributed by atoms with van der Waals surface area (Å²) in [5, 5.41) is 7.54. The molecular formula is C20H21N3O3. The molecule has 0 fully saturated rings. The van der Waals surface area contributed by atoms with E-state index in [1.165, 1.54) is 0 Å². The van der Waals surface area contributed by atoms with Crippen LogP contribution in [0.4, 0.5) is 0 Å². The number of para-hydroxylation sites is 1. The van der Waals surface area contributed by atoms with Gasteiger partial charge in [-0.2, -0.15) is 5.10 Å². The second-order valence-corrected chi connectivity index (χ2v) is 5.82.